The Bertz CT molecular complexity index is 1280. The van der Waals surface area contributed by atoms with Crippen molar-refractivity contribution < 1.29 is 8.78 Å². The van der Waals surface area contributed by atoms with Crippen LogP contribution < -0.4 is 0 Å². The molecule has 0 fully saturated rings. The molecule has 5 rings (SSSR count). The van der Waals surface area contributed by atoms with E-state index in [4.69, 9.17) is 0 Å². The van der Waals surface area contributed by atoms with Gasteiger partial charge in [0.2, 0.25) is 0 Å². The Morgan fingerprint density at radius 3 is 1.15 bits per heavy atom. The summed E-state index contributed by atoms with van der Waals surface area (Å²) >= 11 is 0. The highest BCUT2D eigenvalue weighted by Gasteiger charge is 2.45. The lowest BCUT2D eigenvalue weighted by Crippen LogP contribution is -2.29. The second-order valence-electron chi connectivity index (χ2n) is 8.82. The molecule has 1 aliphatic heterocycles. The molecule has 0 saturated carbocycles. The minimum Gasteiger partial charge on any atom is -0.206 e. The minimum atomic E-state index is -2.56. The van der Waals surface area contributed by atoms with Crippen molar-refractivity contribution in [1.29, 1.82) is 0 Å². The van der Waals surface area contributed by atoms with Crippen LogP contribution in [0.25, 0.3) is 21.5 Å². The summed E-state index contributed by atoms with van der Waals surface area (Å²) in [6.45, 7) is 4.41. The summed E-state index contributed by atoms with van der Waals surface area (Å²) in [6.07, 6.45) is 0. The molecule has 0 aliphatic carbocycles. The first kappa shape index (κ1) is 21.3. The van der Waals surface area contributed by atoms with Crippen LogP contribution in [-0.4, -0.2) is 8.07 Å². The second kappa shape index (κ2) is 8.42. The summed E-state index contributed by atoms with van der Waals surface area (Å²) < 4.78 is 30.6. The van der Waals surface area contributed by atoms with Gasteiger partial charge in [-0.15, -0.1) is 0 Å². The smallest absolute Gasteiger partial charge is 0.130 e. The maximum Gasteiger partial charge on any atom is 0.130 e. The monoisotopic (exact) mass is 450 g/mol. The SMILES string of the molecule is C[Si]1(C)C(c2ccccc2F)=C(c2ccccc2)C(c2ccccc2)=C1c1ccccc1F. The van der Waals surface area contributed by atoms with E-state index in [2.05, 4.69) is 37.4 Å². The van der Waals surface area contributed by atoms with Crippen molar-refractivity contribution in [3.8, 4) is 0 Å². The molecule has 0 radical (unpaired) electrons. The zero-order valence-electron chi connectivity index (χ0n) is 18.6. The van der Waals surface area contributed by atoms with Crippen LogP contribution in [0.15, 0.2) is 109 Å². The molecule has 4 aromatic rings. The van der Waals surface area contributed by atoms with Crippen LogP contribution in [0, 0.1) is 11.6 Å². The fourth-order valence-electron chi connectivity index (χ4n) is 5.06. The maximum atomic E-state index is 15.3. The third-order valence-corrected chi connectivity index (χ3v) is 9.95. The van der Waals surface area contributed by atoms with E-state index in [9.17, 15) is 0 Å². The number of hydrogen-bond donors (Lipinski definition) is 0. The molecule has 3 heteroatoms. The average Bonchev–Trinajstić information content (AvgIpc) is 3.08. The molecule has 162 valence electrons. The summed E-state index contributed by atoms with van der Waals surface area (Å²) in [4.78, 5) is 0. The van der Waals surface area contributed by atoms with Crippen LogP contribution in [0.3, 0.4) is 0 Å². The van der Waals surface area contributed by atoms with E-state index >= 15 is 8.78 Å². The largest absolute Gasteiger partial charge is 0.206 e. The van der Waals surface area contributed by atoms with Gasteiger partial charge >= 0.3 is 0 Å². The van der Waals surface area contributed by atoms with Crippen molar-refractivity contribution in [1.82, 2.24) is 0 Å². The number of halogens is 2. The molecule has 0 amide bonds. The van der Waals surface area contributed by atoms with Crippen molar-refractivity contribution in [2.45, 2.75) is 13.1 Å². The number of allylic oxidation sites excluding steroid dienone is 2. The highest BCUT2D eigenvalue weighted by Crippen LogP contribution is 2.56. The topological polar surface area (TPSA) is 0 Å². The summed E-state index contributed by atoms with van der Waals surface area (Å²) in [6, 6.07) is 34.1. The second-order valence-corrected chi connectivity index (χ2v) is 13.1. The van der Waals surface area contributed by atoms with Crippen molar-refractivity contribution in [2.75, 3.05) is 0 Å². The molecule has 0 aromatic heterocycles. The van der Waals surface area contributed by atoms with Crippen LogP contribution in [-0.2, 0) is 0 Å². The first-order valence-electron chi connectivity index (χ1n) is 11.1. The van der Waals surface area contributed by atoms with Crippen molar-refractivity contribution in [3.63, 3.8) is 0 Å². The standard InChI is InChI=1S/C30H24F2Si/c1-33(2)29(23-17-9-11-19-25(23)31)27(21-13-5-3-6-14-21)28(22-15-7-4-8-16-22)30(33)24-18-10-12-20-26(24)32/h3-20H,1-2H3. The average molecular weight is 451 g/mol. The van der Waals surface area contributed by atoms with Crippen LogP contribution in [0.4, 0.5) is 8.78 Å². The highest BCUT2D eigenvalue weighted by molar-refractivity contribution is 7.13. The first-order valence-corrected chi connectivity index (χ1v) is 14.1. The fraction of sp³-hybridized carbons (Fsp3) is 0.0667. The molecular formula is C30H24F2Si. The highest BCUT2D eigenvalue weighted by atomic mass is 28.3. The number of benzene rings is 4. The summed E-state index contributed by atoms with van der Waals surface area (Å²) in [5.41, 5.74) is 5.24. The van der Waals surface area contributed by atoms with Crippen molar-refractivity contribution >= 4 is 29.6 Å². The molecule has 4 aromatic carbocycles. The lowest BCUT2D eigenvalue weighted by Gasteiger charge is -2.27. The summed E-state index contributed by atoms with van der Waals surface area (Å²) in [7, 11) is -2.56. The molecule has 0 nitrogen and oxygen atoms in total. The van der Waals surface area contributed by atoms with Gasteiger partial charge in [-0.05, 0) is 44.8 Å². The van der Waals surface area contributed by atoms with Gasteiger partial charge in [0.05, 0.1) is 0 Å². The predicted octanol–water partition coefficient (Wildman–Crippen LogP) is 8.29. The van der Waals surface area contributed by atoms with E-state index in [1.165, 1.54) is 12.1 Å². The molecule has 0 saturated heterocycles. The van der Waals surface area contributed by atoms with Crippen LogP contribution >= 0.6 is 0 Å². The van der Waals surface area contributed by atoms with E-state index in [-0.39, 0.29) is 11.6 Å². The number of hydrogen-bond acceptors (Lipinski definition) is 0. The third-order valence-electron chi connectivity index (χ3n) is 6.41. The fourth-order valence-corrected chi connectivity index (χ4v) is 8.85. The van der Waals surface area contributed by atoms with Gasteiger partial charge in [-0.2, -0.15) is 0 Å². The van der Waals surface area contributed by atoms with Crippen molar-refractivity contribution in [2.24, 2.45) is 0 Å². The molecular weight excluding hydrogens is 426 g/mol. The normalized spacial score (nSPS) is 15.3. The van der Waals surface area contributed by atoms with Gasteiger partial charge in [0.15, 0.2) is 0 Å². The molecule has 0 bridgehead atoms. The molecule has 0 N–H and O–H groups in total. The summed E-state index contributed by atoms with van der Waals surface area (Å²) in [5, 5.41) is 2.01. The van der Waals surface area contributed by atoms with Gasteiger partial charge in [-0.1, -0.05) is 110 Å². The third kappa shape index (κ3) is 3.59. The Hall–Kier alpha value is -3.56. The van der Waals surface area contributed by atoms with Gasteiger partial charge in [-0.3, -0.25) is 0 Å². The first-order chi connectivity index (χ1) is 16.0. The van der Waals surface area contributed by atoms with Gasteiger partial charge < -0.3 is 0 Å². The van der Waals surface area contributed by atoms with E-state index in [0.717, 1.165) is 32.7 Å². The summed E-state index contributed by atoms with van der Waals surface area (Å²) in [5.74, 6) is -0.493. The van der Waals surface area contributed by atoms with Gasteiger partial charge in [0.25, 0.3) is 0 Å². The molecule has 1 aliphatic rings. The Morgan fingerprint density at radius 2 is 0.788 bits per heavy atom. The van der Waals surface area contributed by atoms with Crippen LogP contribution in [0.5, 0.6) is 0 Å². The van der Waals surface area contributed by atoms with E-state index in [1.807, 2.05) is 60.7 Å². The lowest BCUT2D eigenvalue weighted by molar-refractivity contribution is 0.624. The molecule has 0 spiro atoms. The van der Waals surface area contributed by atoms with Gasteiger partial charge in [-0.25, -0.2) is 8.78 Å². The predicted molar refractivity (Wildman–Crippen MR) is 137 cm³/mol. The minimum absolute atomic E-state index is 0.247. The van der Waals surface area contributed by atoms with E-state index in [0.29, 0.717) is 11.1 Å². The molecule has 0 unspecified atom stereocenters. The van der Waals surface area contributed by atoms with Crippen molar-refractivity contribution in [3.05, 3.63) is 143 Å². The molecule has 33 heavy (non-hydrogen) atoms. The van der Waals surface area contributed by atoms with Crippen LogP contribution in [0.2, 0.25) is 13.1 Å². The van der Waals surface area contributed by atoms with E-state index in [1.54, 1.807) is 12.1 Å². The van der Waals surface area contributed by atoms with Crippen LogP contribution in [0.1, 0.15) is 22.3 Å². The number of rotatable bonds is 4. The Kier molecular flexibility index (Phi) is 5.43. The Morgan fingerprint density at radius 1 is 0.455 bits per heavy atom. The molecule has 1 heterocycles. The quantitative estimate of drug-likeness (QED) is 0.274. The maximum absolute atomic E-state index is 15.3. The zero-order valence-corrected chi connectivity index (χ0v) is 19.6. The Balaban J connectivity index is 1.96. The van der Waals surface area contributed by atoms with Gasteiger partial charge in [0.1, 0.15) is 19.7 Å². The van der Waals surface area contributed by atoms with E-state index < -0.39 is 8.07 Å². The zero-order chi connectivity index (χ0) is 23.0. The van der Waals surface area contributed by atoms with Gasteiger partial charge in [0, 0.05) is 11.1 Å². The molecule has 0 atom stereocenters. The Labute approximate surface area is 194 Å². The lowest BCUT2D eigenvalue weighted by atomic mass is 9.89.